The van der Waals surface area contributed by atoms with Gasteiger partial charge in [0.1, 0.15) is 0 Å². The summed E-state index contributed by atoms with van der Waals surface area (Å²) in [5, 5.41) is 5.73. The lowest BCUT2D eigenvalue weighted by molar-refractivity contribution is 0.0949. The first-order valence-electron chi connectivity index (χ1n) is 10.7. The summed E-state index contributed by atoms with van der Waals surface area (Å²) in [6.45, 7) is 3.66. The van der Waals surface area contributed by atoms with Crippen LogP contribution in [0.1, 0.15) is 33.7 Å². The molecule has 32 heavy (non-hydrogen) atoms. The third-order valence-corrected chi connectivity index (χ3v) is 5.38. The van der Waals surface area contributed by atoms with Crippen LogP contribution in [0.5, 0.6) is 0 Å². The molecule has 1 aliphatic heterocycles. The number of amides is 2. The monoisotopic (exact) mass is 430 g/mol. The maximum Gasteiger partial charge on any atom is 0.278 e. The van der Waals surface area contributed by atoms with Gasteiger partial charge in [0, 0.05) is 29.9 Å². The van der Waals surface area contributed by atoms with Crippen LogP contribution in [0.15, 0.2) is 60.8 Å². The van der Waals surface area contributed by atoms with E-state index in [0.29, 0.717) is 29.1 Å². The molecule has 0 aliphatic carbocycles. The SMILES string of the molecule is Nc1ncc(-c2cccc(C(=O)NCCN3CCCC3)c2)nc1C(=O)Nc1ccccc1. The second-order valence-corrected chi connectivity index (χ2v) is 7.69. The van der Waals surface area contributed by atoms with E-state index in [1.807, 2.05) is 24.3 Å². The van der Waals surface area contributed by atoms with Gasteiger partial charge in [0.05, 0.1) is 11.9 Å². The molecule has 1 aliphatic rings. The molecule has 4 rings (SSSR count). The number of anilines is 2. The lowest BCUT2D eigenvalue weighted by Gasteiger charge is -2.14. The molecular weight excluding hydrogens is 404 g/mol. The lowest BCUT2D eigenvalue weighted by Crippen LogP contribution is -2.33. The normalized spacial score (nSPS) is 13.6. The fourth-order valence-electron chi connectivity index (χ4n) is 3.67. The van der Waals surface area contributed by atoms with Gasteiger partial charge in [0.2, 0.25) is 0 Å². The van der Waals surface area contributed by atoms with Gasteiger partial charge in [-0.25, -0.2) is 9.97 Å². The van der Waals surface area contributed by atoms with Crippen molar-refractivity contribution in [1.29, 1.82) is 0 Å². The van der Waals surface area contributed by atoms with Crippen molar-refractivity contribution in [2.75, 3.05) is 37.2 Å². The highest BCUT2D eigenvalue weighted by atomic mass is 16.2. The van der Waals surface area contributed by atoms with E-state index >= 15 is 0 Å². The number of carbonyl (C=O) groups is 2. The molecule has 1 aromatic heterocycles. The summed E-state index contributed by atoms with van der Waals surface area (Å²) in [4.78, 5) is 36.1. The Hall–Kier alpha value is -3.78. The molecule has 0 bridgehead atoms. The number of aromatic nitrogens is 2. The van der Waals surface area contributed by atoms with Crippen LogP contribution in [-0.4, -0.2) is 52.9 Å². The first-order chi connectivity index (χ1) is 15.6. The van der Waals surface area contributed by atoms with Crippen LogP contribution in [0, 0.1) is 0 Å². The number of likely N-dealkylation sites (tertiary alicyclic amines) is 1. The second-order valence-electron chi connectivity index (χ2n) is 7.69. The van der Waals surface area contributed by atoms with Crippen LogP contribution in [-0.2, 0) is 0 Å². The molecular formula is C24H26N6O2. The smallest absolute Gasteiger partial charge is 0.278 e. The minimum atomic E-state index is -0.445. The summed E-state index contributed by atoms with van der Waals surface area (Å²) in [5.74, 6) is -0.548. The first-order valence-corrected chi connectivity index (χ1v) is 10.7. The summed E-state index contributed by atoms with van der Waals surface area (Å²) in [6, 6.07) is 16.2. The molecule has 1 fully saturated rings. The molecule has 0 saturated carbocycles. The number of nitrogens with zero attached hydrogens (tertiary/aromatic N) is 3. The third-order valence-electron chi connectivity index (χ3n) is 5.38. The Balaban J connectivity index is 1.46. The Morgan fingerprint density at radius 1 is 1.00 bits per heavy atom. The summed E-state index contributed by atoms with van der Waals surface area (Å²) in [5.41, 5.74) is 8.24. The first kappa shape index (κ1) is 21.5. The number of nitrogen functional groups attached to an aromatic ring is 1. The minimum absolute atomic E-state index is 0.0341. The van der Waals surface area contributed by atoms with Gasteiger partial charge in [-0.2, -0.15) is 0 Å². The standard InChI is InChI=1S/C24H26N6O2/c25-22-21(24(32)28-19-9-2-1-3-10-19)29-20(16-27-22)17-7-6-8-18(15-17)23(31)26-11-14-30-12-4-5-13-30/h1-3,6-10,15-16H,4-5,11-14H2,(H2,25,27)(H,26,31)(H,28,32). The molecule has 8 heteroatoms. The number of carbonyl (C=O) groups excluding carboxylic acids is 2. The minimum Gasteiger partial charge on any atom is -0.382 e. The molecule has 0 unspecified atom stereocenters. The maximum atomic E-state index is 12.7. The zero-order valence-electron chi connectivity index (χ0n) is 17.8. The van der Waals surface area contributed by atoms with Crippen LogP contribution >= 0.6 is 0 Å². The number of rotatable bonds is 7. The second kappa shape index (κ2) is 10.0. The van der Waals surface area contributed by atoms with E-state index in [4.69, 9.17) is 5.73 Å². The van der Waals surface area contributed by atoms with Crippen molar-refractivity contribution in [1.82, 2.24) is 20.2 Å². The van der Waals surface area contributed by atoms with Gasteiger partial charge in [0.25, 0.3) is 11.8 Å². The number of hydrogen-bond acceptors (Lipinski definition) is 6. The van der Waals surface area contributed by atoms with Gasteiger partial charge in [-0.3, -0.25) is 9.59 Å². The Labute approximate surface area is 186 Å². The number of nitrogens with two attached hydrogens (primary N) is 1. The Morgan fingerprint density at radius 2 is 1.78 bits per heavy atom. The van der Waals surface area contributed by atoms with Gasteiger partial charge in [-0.1, -0.05) is 30.3 Å². The van der Waals surface area contributed by atoms with Crippen molar-refractivity contribution in [3.8, 4) is 11.3 Å². The molecule has 0 atom stereocenters. The van der Waals surface area contributed by atoms with Crippen molar-refractivity contribution in [2.24, 2.45) is 0 Å². The summed E-state index contributed by atoms with van der Waals surface area (Å²) >= 11 is 0. The molecule has 3 aromatic rings. The van der Waals surface area contributed by atoms with Gasteiger partial charge < -0.3 is 21.3 Å². The molecule has 2 amide bonds. The Kier molecular flexibility index (Phi) is 6.72. The molecule has 8 nitrogen and oxygen atoms in total. The molecule has 0 radical (unpaired) electrons. The van der Waals surface area contributed by atoms with Crippen LogP contribution in [0.3, 0.4) is 0 Å². The van der Waals surface area contributed by atoms with Crippen molar-refractivity contribution in [3.63, 3.8) is 0 Å². The van der Waals surface area contributed by atoms with Crippen LogP contribution in [0.4, 0.5) is 11.5 Å². The fraction of sp³-hybridized carbons (Fsp3) is 0.250. The third kappa shape index (κ3) is 5.28. The largest absolute Gasteiger partial charge is 0.382 e. The maximum absolute atomic E-state index is 12.7. The molecule has 0 spiro atoms. The highest BCUT2D eigenvalue weighted by Gasteiger charge is 2.16. The zero-order chi connectivity index (χ0) is 22.3. The Morgan fingerprint density at radius 3 is 2.56 bits per heavy atom. The van der Waals surface area contributed by atoms with Crippen LogP contribution in [0.25, 0.3) is 11.3 Å². The van der Waals surface area contributed by atoms with E-state index in [1.54, 1.807) is 30.3 Å². The van der Waals surface area contributed by atoms with Crippen molar-refractivity contribution >= 4 is 23.3 Å². The number of nitrogens with one attached hydrogen (secondary N) is 2. The highest BCUT2D eigenvalue weighted by molar-refractivity contribution is 6.06. The van der Waals surface area contributed by atoms with Crippen molar-refractivity contribution < 1.29 is 9.59 Å². The van der Waals surface area contributed by atoms with Crippen LogP contribution < -0.4 is 16.4 Å². The average molecular weight is 431 g/mol. The number of para-hydroxylation sites is 1. The van der Waals surface area contributed by atoms with Gasteiger partial charge in [-0.05, 0) is 50.2 Å². The van der Waals surface area contributed by atoms with Crippen LogP contribution in [0.2, 0.25) is 0 Å². The summed E-state index contributed by atoms with van der Waals surface area (Å²) < 4.78 is 0. The predicted molar refractivity (Wildman–Crippen MR) is 124 cm³/mol. The van der Waals surface area contributed by atoms with E-state index in [2.05, 4.69) is 25.5 Å². The number of hydrogen-bond donors (Lipinski definition) is 3. The quantitative estimate of drug-likeness (QED) is 0.531. The van der Waals surface area contributed by atoms with Crippen molar-refractivity contribution in [2.45, 2.75) is 12.8 Å². The van der Waals surface area contributed by atoms with Gasteiger partial charge in [0.15, 0.2) is 11.5 Å². The van der Waals surface area contributed by atoms with E-state index < -0.39 is 5.91 Å². The van der Waals surface area contributed by atoms with E-state index in [-0.39, 0.29) is 17.4 Å². The summed E-state index contributed by atoms with van der Waals surface area (Å²) in [7, 11) is 0. The lowest BCUT2D eigenvalue weighted by atomic mass is 10.1. The summed E-state index contributed by atoms with van der Waals surface area (Å²) in [6.07, 6.45) is 3.95. The topological polar surface area (TPSA) is 113 Å². The Bertz CT molecular complexity index is 1100. The average Bonchev–Trinajstić information content (AvgIpc) is 3.33. The fourth-order valence-corrected chi connectivity index (χ4v) is 3.67. The molecule has 4 N–H and O–H groups in total. The highest BCUT2D eigenvalue weighted by Crippen LogP contribution is 2.21. The molecule has 2 heterocycles. The van der Waals surface area contributed by atoms with Gasteiger partial charge in [-0.15, -0.1) is 0 Å². The van der Waals surface area contributed by atoms with E-state index in [0.717, 1.165) is 19.6 Å². The van der Waals surface area contributed by atoms with Gasteiger partial charge >= 0.3 is 0 Å². The predicted octanol–water partition coefficient (Wildman–Crippen LogP) is 2.80. The number of benzene rings is 2. The zero-order valence-corrected chi connectivity index (χ0v) is 17.8. The van der Waals surface area contributed by atoms with Crippen molar-refractivity contribution in [3.05, 3.63) is 72.1 Å². The molecule has 164 valence electrons. The molecule has 2 aromatic carbocycles. The molecule has 1 saturated heterocycles. The van der Waals surface area contributed by atoms with E-state index in [9.17, 15) is 9.59 Å². The van der Waals surface area contributed by atoms with E-state index in [1.165, 1.54) is 19.0 Å².